The van der Waals surface area contributed by atoms with Gasteiger partial charge in [0.25, 0.3) is 0 Å². The van der Waals surface area contributed by atoms with Crippen LogP contribution in [-0.2, 0) is 32.8 Å². The van der Waals surface area contributed by atoms with E-state index in [1.54, 1.807) is 6.07 Å². The summed E-state index contributed by atoms with van der Waals surface area (Å²) < 4.78 is 29.4. The van der Waals surface area contributed by atoms with Crippen LogP contribution in [0.4, 0.5) is 5.69 Å². The third kappa shape index (κ3) is 8.65. The number of carbonyl (C=O) groups is 2. The number of nitrogens with zero attached hydrogens (tertiary/aromatic N) is 3. The average molecular weight is 579 g/mol. The molecule has 3 aromatic carbocycles. The van der Waals surface area contributed by atoms with Crippen LogP contribution < -0.4 is 9.62 Å². The molecule has 1 N–H and O–H groups in total. The fraction of sp³-hybridized carbons (Fsp3) is 0.375. The molecule has 0 saturated heterocycles. The van der Waals surface area contributed by atoms with Crippen molar-refractivity contribution in [2.45, 2.75) is 52.6 Å². The molecular weight excluding hydrogens is 536 g/mol. The zero-order chi connectivity index (χ0) is 30.0. The zero-order valence-electron chi connectivity index (χ0n) is 24.7. The Hall–Kier alpha value is -3.69. The minimum absolute atomic E-state index is 0.154. The summed E-state index contributed by atoms with van der Waals surface area (Å²) in [5.74, 6) is -0.730. The second-order valence-electron chi connectivity index (χ2n) is 10.4. The van der Waals surface area contributed by atoms with Crippen molar-refractivity contribution < 1.29 is 18.0 Å². The van der Waals surface area contributed by atoms with E-state index >= 15 is 0 Å². The number of amides is 2. The number of rotatable bonds is 14. The predicted octanol–water partition coefficient (Wildman–Crippen LogP) is 4.47. The average Bonchev–Trinajstić information content (AvgIpc) is 2.96. The van der Waals surface area contributed by atoms with Crippen LogP contribution in [0.2, 0.25) is 0 Å². The van der Waals surface area contributed by atoms with Gasteiger partial charge in [0.15, 0.2) is 0 Å². The lowest BCUT2D eigenvalue weighted by Crippen LogP contribution is -2.54. The Balaban J connectivity index is 2.08. The van der Waals surface area contributed by atoms with Crippen LogP contribution in [0.5, 0.6) is 0 Å². The summed E-state index contributed by atoms with van der Waals surface area (Å²) in [6.45, 7) is 5.94. The maximum absolute atomic E-state index is 14.3. The van der Waals surface area contributed by atoms with Gasteiger partial charge in [-0.25, -0.2) is 4.31 Å². The molecule has 0 aliphatic rings. The highest BCUT2D eigenvalue weighted by Gasteiger charge is 2.35. The standard InChI is InChI=1S/C32H42N4O4S/c1-6-7-20-33-32(38)30(22-27-14-10-8-11-15-27)35(23-28-16-12-9-13-17-28)31(37)24-36(41(39,40)34(4)5)29-21-25(2)18-19-26(29)3/h8-19,21,30H,6-7,20,22-24H2,1-5H3,(H,33,38)/t30-/m0/s1. The summed E-state index contributed by atoms with van der Waals surface area (Å²) in [6.07, 6.45) is 2.03. The van der Waals surface area contributed by atoms with Gasteiger partial charge in [-0.15, -0.1) is 0 Å². The van der Waals surface area contributed by atoms with Crippen LogP contribution in [0.1, 0.15) is 42.0 Å². The van der Waals surface area contributed by atoms with Gasteiger partial charge in [-0.05, 0) is 48.6 Å². The number of unbranched alkanes of at least 4 members (excludes halogenated alkanes) is 1. The Morgan fingerprint density at radius 2 is 1.49 bits per heavy atom. The summed E-state index contributed by atoms with van der Waals surface area (Å²) in [6, 6.07) is 23.7. The Labute approximate surface area is 245 Å². The first-order valence-corrected chi connectivity index (χ1v) is 15.4. The molecule has 0 aliphatic heterocycles. The van der Waals surface area contributed by atoms with E-state index < -0.39 is 28.7 Å². The Bertz CT molecular complexity index is 1400. The molecule has 9 heteroatoms. The van der Waals surface area contributed by atoms with E-state index in [0.29, 0.717) is 18.7 Å². The number of nitrogens with one attached hydrogen (secondary N) is 1. The first-order chi connectivity index (χ1) is 19.5. The summed E-state index contributed by atoms with van der Waals surface area (Å²) in [5, 5.41) is 3.00. The van der Waals surface area contributed by atoms with Crippen molar-refractivity contribution in [2.75, 3.05) is 31.5 Å². The molecular formula is C32H42N4O4S. The van der Waals surface area contributed by atoms with Crippen molar-refractivity contribution in [3.8, 4) is 0 Å². The Kier molecular flexibility index (Phi) is 11.5. The van der Waals surface area contributed by atoms with Crippen LogP contribution in [0.3, 0.4) is 0 Å². The van der Waals surface area contributed by atoms with Gasteiger partial charge in [0.1, 0.15) is 12.6 Å². The molecule has 3 rings (SSSR count). The maximum Gasteiger partial charge on any atom is 0.304 e. The molecule has 0 bridgehead atoms. The summed E-state index contributed by atoms with van der Waals surface area (Å²) in [4.78, 5) is 29.5. The monoisotopic (exact) mass is 578 g/mol. The molecule has 0 aromatic heterocycles. The summed E-state index contributed by atoms with van der Waals surface area (Å²) in [7, 11) is -1.15. The summed E-state index contributed by atoms with van der Waals surface area (Å²) in [5.41, 5.74) is 3.77. The molecule has 0 saturated carbocycles. The van der Waals surface area contributed by atoms with Crippen molar-refractivity contribution in [1.82, 2.24) is 14.5 Å². The number of benzene rings is 3. The van der Waals surface area contributed by atoms with E-state index in [1.165, 1.54) is 19.0 Å². The number of aryl methyl sites for hydroxylation is 2. The molecule has 220 valence electrons. The second kappa shape index (κ2) is 14.8. The first-order valence-electron chi connectivity index (χ1n) is 14.0. The molecule has 41 heavy (non-hydrogen) atoms. The van der Waals surface area contributed by atoms with E-state index in [4.69, 9.17) is 0 Å². The Morgan fingerprint density at radius 1 is 0.878 bits per heavy atom. The van der Waals surface area contributed by atoms with Gasteiger partial charge in [0.05, 0.1) is 5.69 Å². The van der Waals surface area contributed by atoms with Crippen LogP contribution in [0.15, 0.2) is 78.9 Å². The van der Waals surface area contributed by atoms with Crippen molar-refractivity contribution in [2.24, 2.45) is 0 Å². The van der Waals surface area contributed by atoms with E-state index in [9.17, 15) is 18.0 Å². The van der Waals surface area contributed by atoms with Crippen LogP contribution in [0.25, 0.3) is 0 Å². The van der Waals surface area contributed by atoms with Gasteiger partial charge in [-0.3, -0.25) is 9.59 Å². The topological polar surface area (TPSA) is 90.0 Å². The molecule has 0 fully saturated rings. The Morgan fingerprint density at radius 3 is 2.07 bits per heavy atom. The fourth-order valence-electron chi connectivity index (χ4n) is 4.53. The lowest BCUT2D eigenvalue weighted by molar-refractivity contribution is -0.140. The zero-order valence-corrected chi connectivity index (χ0v) is 25.5. The van der Waals surface area contributed by atoms with Crippen molar-refractivity contribution >= 4 is 27.7 Å². The highest BCUT2D eigenvalue weighted by molar-refractivity contribution is 7.90. The smallest absolute Gasteiger partial charge is 0.304 e. The third-order valence-electron chi connectivity index (χ3n) is 6.95. The van der Waals surface area contributed by atoms with Crippen molar-refractivity contribution in [1.29, 1.82) is 0 Å². The number of hydrogen-bond acceptors (Lipinski definition) is 4. The van der Waals surface area contributed by atoms with Gasteiger partial charge < -0.3 is 10.2 Å². The lowest BCUT2D eigenvalue weighted by atomic mass is 10.0. The fourth-order valence-corrected chi connectivity index (χ4v) is 5.64. The molecule has 0 spiro atoms. The molecule has 2 amide bonds. The molecule has 0 heterocycles. The quantitative estimate of drug-likeness (QED) is 0.286. The van der Waals surface area contributed by atoms with Crippen LogP contribution in [-0.4, -0.2) is 62.7 Å². The van der Waals surface area contributed by atoms with E-state index in [-0.39, 0.29) is 12.5 Å². The van der Waals surface area contributed by atoms with Crippen molar-refractivity contribution in [3.63, 3.8) is 0 Å². The number of carbonyl (C=O) groups excluding carboxylic acids is 2. The molecule has 0 aliphatic carbocycles. The SMILES string of the molecule is CCCCNC(=O)[C@H](Cc1ccccc1)N(Cc1ccccc1)C(=O)CN(c1cc(C)ccc1C)S(=O)(=O)N(C)C. The number of anilines is 1. The summed E-state index contributed by atoms with van der Waals surface area (Å²) >= 11 is 0. The third-order valence-corrected chi connectivity index (χ3v) is 8.75. The highest BCUT2D eigenvalue weighted by atomic mass is 32.2. The second-order valence-corrected chi connectivity index (χ2v) is 12.5. The molecule has 0 radical (unpaired) electrons. The van der Waals surface area contributed by atoms with Gasteiger partial charge in [0.2, 0.25) is 11.8 Å². The van der Waals surface area contributed by atoms with Gasteiger partial charge in [-0.1, -0.05) is 86.1 Å². The maximum atomic E-state index is 14.3. The molecule has 1 atom stereocenters. The minimum Gasteiger partial charge on any atom is -0.354 e. The van der Waals surface area contributed by atoms with E-state index in [1.807, 2.05) is 93.6 Å². The van der Waals surface area contributed by atoms with Gasteiger partial charge in [0, 0.05) is 33.6 Å². The van der Waals surface area contributed by atoms with E-state index in [0.717, 1.165) is 43.7 Å². The van der Waals surface area contributed by atoms with Crippen LogP contribution in [0, 0.1) is 13.8 Å². The molecule has 0 unspecified atom stereocenters. The van der Waals surface area contributed by atoms with Crippen LogP contribution >= 0.6 is 0 Å². The highest BCUT2D eigenvalue weighted by Crippen LogP contribution is 2.26. The minimum atomic E-state index is -4.04. The predicted molar refractivity (Wildman–Crippen MR) is 165 cm³/mol. The number of hydrogen-bond donors (Lipinski definition) is 1. The van der Waals surface area contributed by atoms with Crippen molar-refractivity contribution in [3.05, 3.63) is 101 Å². The normalized spacial score (nSPS) is 12.1. The van der Waals surface area contributed by atoms with Gasteiger partial charge >= 0.3 is 10.2 Å². The van der Waals surface area contributed by atoms with E-state index in [2.05, 4.69) is 5.32 Å². The largest absolute Gasteiger partial charge is 0.354 e. The van der Waals surface area contributed by atoms with Gasteiger partial charge in [-0.2, -0.15) is 12.7 Å². The lowest BCUT2D eigenvalue weighted by Gasteiger charge is -2.35. The molecule has 8 nitrogen and oxygen atoms in total. The molecule has 3 aromatic rings. The first kappa shape index (κ1) is 31.8.